The summed E-state index contributed by atoms with van der Waals surface area (Å²) in [5.74, 6) is 0.884. The van der Waals surface area contributed by atoms with Gasteiger partial charge in [0.1, 0.15) is 5.82 Å². The predicted molar refractivity (Wildman–Crippen MR) is 84.7 cm³/mol. The van der Waals surface area contributed by atoms with Crippen LogP contribution in [0.3, 0.4) is 0 Å². The third kappa shape index (κ3) is 2.54. The maximum atomic E-state index is 4.55. The smallest absolute Gasteiger partial charge is 0.126 e. The highest BCUT2D eigenvalue weighted by molar-refractivity contribution is 5.69. The maximum Gasteiger partial charge on any atom is 0.126 e. The van der Waals surface area contributed by atoms with E-state index >= 15 is 0 Å². The van der Waals surface area contributed by atoms with Gasteiger partial charge in [0.2, 0.25) is 0 Å². The SMILES string of the molecule is CNc1cccc(-c2ccc(-c3ccccc3)cc2)n1. The van der Waals surface area contributed by atoms with Gasteiger partial charge in [-0.2, -0.15) is 0 Å². The Balaban J connectivity index is 1.93. The Morgan fingerprint density at radius 2 is 1.30 bits per heavy atom. The molecule has 20 heavy (non-hydrogen) atoms. The van der Waals surface area contributed by atoms with E-state index in [1.54, 1.807) is 0 Å². The quantitative estimate of drug-likeness (QED) is 0.752. The molecule has 3 aromatic rings. The van der Waals surface area contributed by atoms with Crippen LogP contribution in [-0.4, -0.2) is 12.0 Å². The second kappa shape index (κ2) is 5.57. The van der Waals surface area contributed by atoms with Crippen molar-refractivity contribution in [2.45, 2.75) is 0 Å². The summed E-state index contributed by atoms with van der Waals surface area (Å²) in [5.41, 5.74) is 4.56. The Labute approximate surface area is 119 Å². The molecular weight excluding hydrogens is 244 g/mol. The number of hydrogen-bond acceptors (Lipinski definition) is 2. The fourth-order valence-corrected chi connectivity index (χ4v) is 2.20. The van der Waals surface area contributed by atoms with Crippen LogP contribution >= 0.6 is 0 Å². The van der Waals surface area contributed by atoms with Crippen molar-refractivity contribution in [2.24, 2.45) is 0 Å². The molecule has 0 spiro atoms. The number of hydrogen-bond donors (Lipinski definition) is 1. The van der Waals surface area contributed by atoms with E-state index in [9.17, 15) is 0 Å². The monoisotopic (exact) mass is 260 g/mol. The van der Waals surface area contributed by atoms with Crippen molar-refractivity contribution in [3.63, 3.8) is 0 Å². The second-order valence-corrected chi connectivity index (χ2v) is 4.60. The van der Waals surface area contributed by atoms with E-state index in [0.29, 0.717) is 0 Å². The Hall–Kier alpha value is -2.61. The van der Waals surface area contributed by atoms with E-state index in [1.165, 1.54) is 11.1 Å². The van der Waals surface area contributed by atoms with Gasteiger partial charge in [0, 0.05) is 12.6 Å². The zero-order valence-corrected chi connectivity index (χ0v) is 11.4. The fourth-order valence-electron chi connectivity index (χ4n) is 2.20. The molecular formula is C18H16N2. The van der Waals surface area contributed by atoms with Crippen LogP contribution in [0.1, 0.15) is 0 Å². The highest BCUT2D eigenvalue weighted by Crippen LogP contribution is 2.24. The van der Waals surface area contributed by atoms with Gasteiger partial charge >= 0.3 is 0 Å². The van der Waals surface area contributed by atoms with Crippen LogP contribution in [0, 0.1) is 0 Å². The Bertz CT molecular complexity index is 688. The second-order valence-electron chi connectivity index (χ2n) is 4.60. The summed E-state index contributed by atoms with van der Waals surface area (Å²) in [6, 6.07) is 24.9. The molecule has 0 aliphatic rings. The molecule has 2 heteroatoms. The molecule has 1 heterocycles. The first-order chi connectivity index (χ1) is 9.86. The molecule has 0 atom stereocenters. The van der Waals surface area contributed by atoms with Crippen LogP contribution in [0.25, 0.3) is 22.4 Å². The number of nitrogens with zero attached hydrogens (tertiary/aromatic N) is 1. The van der Waals surface area contributed by atoms with Crippen LogP contribution in [0.4, 0.5) is 5.82 Å². The molecule has 1 aromatic heterocycles. The van der Waals surface area contributed by atoms with Crippen molar-refractivity contribution in [2.75, 3.05) is 12.4 Å². The van der Waals surface area contributed by atoms with Crippen molar-refractivity contribution >= 4 is 5.82 Å². The number of rotatable bonds is 3. The Morgan fingerprint density at radius 1 is 0.650 bits per heavy atom. The van der Waals surface area contributed by atoms with Crippen LogP contribution < -0.4 is 5.32 Å². The minimum Gasteiger partial charge on any atom is -0.373 e. The number of aromatic nitrogens is 1. The zero-order valence-electron chi connectivity index (χ0n) is 11.4. The number of nitrogens with one attached hydrogen (secondary N) is 1. The molecule has 0 aliphatic heterocycles. The number of pyridine rings is 1. The highest BCUT2D eigenvalue weighted by atomic mass is 15.0. The average molecular weight is 260 g/mol. The van der Waals surface area contributed by atoms with Crippen molar-refractivity contribution < 1.29 is 0 Å². The topological polar surface area (TPSA) is 24.9 Å². The van der Waals surface area contributed by atoms with Crippen molar-refractivity contribution in [3.05, 3.63) is 72.8 Å². The Morgan fingerprint density at radius 3 is 2.00 bits per heavy atom. The van der Waals surface area contributed by atoms with Crippen LogP contribution in [0.2, 0.25) is 0 Å². The summed E-state index contributed by atoms with van der Waals surface area (Å²) in [6.45, 7) is 0. The molecule has 3 rings (SSSR count). The van der Waals surface area contributed by atoms with Gasteiger partial charge in [0.05, 0.1) is 5.69 Å². The van der Waals surface area contributed by atoms with E-state index in [2.05, 4.69) is 58.8 Å². The number of anilines is 1. The first kappa shape index (κ1) is 12.4. The summed E-state index contributed by atoms with van der Waals surface area (Å²) in [5, 5.41) is 3.06. The third-order valence-electron chi connectivity index (χ3n) is 3.29. The van der Waals surface area contributed by atoms with Crippen molar-refractivity contribution in [1.29, 1.82) is 0 Å². The lowest BCUT2D eigenvalue weighted by atomic mass is 10.0. The highest BCUT2D eigenvalue weighted by Gasteiger charge is 2.01. The van der Waals surface area contributed by atoms with Gasteiger partial charge in [0.25, 0.3) is 0 Å². The average Bonchev–Trinajstić information content (AvgIpc) is 2.56. The lowest BCUT2D eigenvalue weighted by Crippen LogP contribution is -1.93. The summed E-state index contributed by atoms with van der Waals surface area (Å²) in [7, 11) is 1.88. The molecule has 0 unspecified atom stereocenters. The lowest BCUT2D eigenvalue weighted by Gasteiger charge is -2.06. The van der Waals surface area contributed by atoms with Gasteiger partial charge < -0.3 is 5.32 Å². The minimum absolute atomic E-state index is 0.884. The first-order valence-electron chi connectivity index (χ1n) is 6.67. The van der Waals surface area contributed by atoms with Gasteiger partial charge in [-0.15, -0.1) is 0 Å². The van der Waals surface area contributed by atoms with Gasteiger partial charge in [-0.05, 0) is 23.3 Å². The van der Waals surface area contributed by atoms with E-state index in [4.69, 9.17) is 0 Å². The fraction of sp³-hybridized carbons (Fsp3) is 0.0556. The van der Waals surface area contributed by atoms with E-state index in [-0.39, 0.29) is 0 Å². The number of benzene rings is 2. The molecule has 2 aromatic carbocycles. The zero-order chi connectivity index (χ0) is 13.8. The molecule has 0 fully saturated rings. The standard InChI is InChI=1S/C18H16N2/c1-19-18-9-5-8-17(20-18)16-12-10-15(11-13-16)14-6-3-2-4-7-14/h2-13H,1H3,(H,19,20). The van der Waals surface area contributed by atoms with E-state index in [0.717, 1.165) is 17.1 Å². The summed E-state index contributed by atoms with van der Waals surface area (Å²) >= 11 is 0. The maximum absolute atomic E-state index is 4.55. The minimum atomic E-state index is 0.884. The summed E-state index contributed by atoms with van der Waals surface area (Å²) < 4.78 is 0. The molecule has 0 aliphatic carbocycles. The third-order valence-corrected chi connectivity index (χ3v) is 3.29. The summed E-state index contributed by atoms with van der Waals surface area (Å²) in [4.78, 5) is 4.55. The van der Waals surface area contributed by atoms with Gasteiger partial charge in [-0.25, -0.2) is 4.98 Å². The van der Waals surface area contributed by atoms with Gasteiger partial charge in [0.15, 0.2) is 0 Å². The van der Waals surface area contributed by atoms with Crippen LogP contribution in [0.15, 0.2) is 72.8 Å². The van der Waals surface area contributed by atoms with Gasteiger partial charge in [-0.3, -0.25) is 0 Å². The van der Waals surface area contributed by atoms with Crippen LogP contribution in [0.5, 0.6) is 0 Å². The predicted octanol–water partition coefficient (Wildman–Crippen LogP) is 4.46. The lowest BCUT2D eigenvalue weighted by molar-refractivity contribution is 1.29. The van der Waals surface area contributed by atoms with E-state index in [1.807, 2.05) is 31.3 Å². The van der Waals surface area contributed by atoms with E-state index < -0.39 is 0 Å². The molecule has 1 N–H and O–H groups in total. The largest absolute Gasteiger partial charge is 0.373 e. The van der Waals surface area contributed by atoms with Crippen LogP contribution in [-0.2, 0) is 0 Å². The molecule has 0 saturated heterocycles. The first-order valence-corrected chi connectivity index (χ1v) is 6.67. The normalized spacial score (nSPS) is 10.2. The van der Waals surface area contributed by atoms with Crippen molar-refractivity contribution in [3.8, 4) is 22.4 Å². The molecule has 0 radical (unpaired) electrons. The Kier molecular flexibility index (Phi) is 3.46. The van der Waals surface area contributed by atoms with Crippen molar-refractivity contribution in [1.82, 2.24) is 4.98 Å². The summed E-state index contributed by atoms with van der Waals surface area (Å²) in [6.07, 6.45) is 0. The molecule has 2 nitrogen and oxygen atoms in total. The molecule has 0 bridgehead atoms. The molecule has 0 amide bonds. The van der Waals surface area contributed by atoms with Gasteiger partial charge in [-0.1, -0.05) is 60.7 Å². The molecule has 98 valence electrons. The molecule has 0 saturated carbocycles.